The van der Waals surface area contributed by atoms with E-state index < -0.39 is 30.5 Å². The zero-order chi connectivity index (χ0) is 30.5. The molecule has 3 heterocycles. The number of hydrazone groups is 1. The third kappa shape index (κ3) is 6.16. The summed E-state index contributed by atoms with van der Waals surface area (Å²) in [5.74, 6) is -0.555. The van der Waals surface area contributed by atoms with Crippen molar-refractivity contribution in [3.63, 3.8) is 0 Å². The minimum Gasteiger partial charge on any atom is -0.493 e. The number of benzene rings is 1. The van der Waals surface area contributed by atoms with Gasteiger partial charge in [0.25, 0.3) is 5.91 Å². The van der Waals surface area contributed by atoms with Crippen LogP contribution in [0.5, 0.6) is 11.5 Å². The van der Waals surface area contributed by atoms with Crippen LogP contribution in [0.1, 0.15) is 42.7 Å². The fraction of sp³-hybridized carbons (Fsp3) is 0.276. The van der Waals surface area contributed by atoms with Crippen LogP contribution in [-0.2, 0) is 19.7 Å². The summed E-state index contributed by atoms with van der Waals surface area (Å²) in [4.78, 5) is 16.7. The molecular formula is C29H32N4O7S2. The molecular weight excluding hydrogens is 580 g/mol. The highest BCUT2D eigenvalue weighted by atomic mass is 32.2. The third-order valence-corrected chi connectivity index (χ3v) is 10.5. The largest absolute Gasteiger partial charge is 0.493 e. The highest BCUT2D eigenvalue weighted by Crippen LogP contribution is 2.36. The second-order valence-electron chi connectivity index (χ2n) is 9.36. The smallest absolute Gasteiger partial charge is 0.289 e. The van der Waals surface area contributed by atoms with Gasteiger partial charge in [0.15, 0.2) is 31.2 Å². The minimum atomic E-state index is -4.20. The van der Waals surface area contributed by atoms with Gasteiger partial charge in [-0.25, -0.2) is 22.3 Å². The topological polar surface area (TPSA) is 146 Å². The van der Waals surface area contributed by atoms with Crippen molar-refractivity contribution in [2.45, 2.75) is 36.5 Å². The van der Waals surface area contributed by atoms with E-state index in [9.17, 15) is 21.6 Å². The lowest BCUT2D eigenvalue weighted by Gasteiger charge is -2.09. The molecule has 1 amide bonds. The number of rotatable bonds is 12. The monoisotopic (exact) mass is 612 g/mol. The van der Waals surface area contributed by atoms with Crippen LogP contribution in [0.25, 0.3) is 16.6 Å². The van der Waals surface area contributed by atoms with E-state index in [1.807, 2.05) is 0 Å². The summed E-state index contributed by atoms with van der Waals surface area (Å²) in [6.45, 7) is 3.36. The average molecular weight is 613 g/mol. The van der Waals surface area contributed by atoms with Crippen molar-refractivity contribution in [2.75, 3.05) is 25.7 Å². The normalized spacial score (nSPS) is 12.1. The average Bonchev–Trinajstić information content (AvgIpc) is 3.34. The van der Waals surface area contributed by atoms with Gasteiger partial charge in [-0.1, -0.05) is 13.8 Å². The first-order valence-corrected chi connectivity index (χ1v) is 16.5. The predicted octanol–water partition coefficient (Wildman–Crippen LogP) is 4.15. The van der Waals surface area contributed by atoms with Gasteiger partial charge < -0.3 is 13.9 Å². The molecule has 0 radical (unpaired) electrons. The highest BCUT2D eigenvalue weighted by Gasteiger charge is 2.37. The van der Waals surface area contributed by atoms with E-state index in [4.69, 9.17) is 9.47 Å². The summed E-state index contributed by atoms with van der Waals surface area (Å²) in [7, 11) is -5.33. The molecule has 13 heteroatoms. The second-order valence-corrected chi connectivity index (χ2v) is 13.5. The first-order chi connectivity index (χ1) is 20.1. The zero-order valence-electron chi connectivity index (χ0n) is 23.7. The maximum absolute atomic E-state index is 13.6. The summed E-state index contributed by atoms with van der Waals surface area (Å²) >= 11 is 0. The molecule has 3 aromatic heterocycles. The Morgan fingerprint density at radius 3 is 2.14 bits per heavy atom. The van der Waals surface area contributed by atoms with E-state index in [0.29, 0.717) is 22.6 Å². The van der Waals surface area contributed by atoms with E-state index in [1.54, 1.807) is 68.7 Å². The quantitative estimate of drug-likeness (QED) is 0.186. The fourth-order valence-corrected chi connectivity index (χ4v) is 8.59. The van der Waals surface area contributed by atoms with Gasteiger partial charge in [-0.05, 0) is 72.0 Å². The molecule has 0 aliphatic rings. The van der Waals surface area contributed by atoms with Crippen LogP contribution in [0.15, 0.2) is 75.9 Å². The van der Waals surface area contributed by atoms with Gasteiger partial charge in [0.2, 0.25) is 0 Å². The lowest BCUT2D eigenvalue weighted by atomic mass is 10.1. The molecule has 222 valence electrons. The number of sulfone groups is 2. The number of hydrogen-bond donors (Lipinski definition) is 1. The number of methoxy groups -OCH3 is 2. The van der Waals surface area contributed by atoms with Gasteiger partial charge in [-0.15, -0.1) is 0 Å². The molecule has 0 aliphatic heterocycles. The summed E-state index contributed by atoms with van der Waals surface area (Å²) in [5.41, 5.74) is 4.07. The predicted molar refractivity (Wildman–Crippen MR) is 160 cm³/mol. The molecule has 0 saturated carbocycles. The van der Waals surface area contributed by atoms with Crippen molar-refractivity contribution < 1.29 is 31.1 Å². The summed E-state index contributed by atoms with van der Waals surface area (Å²) in [6.07, 6.45) is 6.52. The number of carbonyl (C=O) groups excluding carboxylic acids is 1. The summed E-state index contributed by atoms with van der Waals surface area (Å²) in [5, 5.41) is 4.01. The lowest BCUT2D eigenvalue weighted by Crippen LogP contribution is -2.23. The fourth-order valence-electron chi connectivity index (χ4n) is 4.62. The van der Waals surface area contributed by atoms with Gasteiger partial charge in [0.1, 0.15) is 15.5 Å². The van der Waals surface area contributed by atoms with Crippen molar-refractivity contribution in [1.29, 1.82) is 0 Å². The molecule has 4 rings (SSSR count). The molecule has 0 fully saturated rings. The number of aromatic nitrogens is 2. The molecule has 0 spiro atoms. The second kappa shape index (κ2) is 12.7. The number of amides is 1. The summed E-state index contributed by atoms with van der Waals surface area (Å²) < 4.78 is 66.4. The van der Waals surface area contributed by atoms with Crippen LogP contribution in [-0.4, -0.2) is 64.1 Å². The summed E-state index contributed by atoms with van der Waals surface area (Å²) in [6, 6.07) is 11.8. The van der Waals surface area contributed by atoms with Crippen LogP contribution in [0, 0.1) is 0 Å². The number of pyridine rings is 2. The molecule has 11 nitrogen and oxygen atoms in total. The van der Waals surface area contributed by atoms with Gasteiger partial charge in [0.05, 0.1) is 37.5 Å². The lowest BCUT2D eigenvalue weighted by molar-refractivity contribution is 0.0945. The molecule has 0 bridgehead atoms. The number of nitrogens with one attached hydrogen (secondary N) is 1. The van der Waals surface area contributed by atoms with Crippen molar-refractivity contribution in [2.24, 2.45) is 5.10 Å². The van der Waals surface area contributed by atoms with E-state index in [1.165, 1.54) is 31.0 Å². The van der Waals surface area contributed by atoms with Crippen molar-refractivity contribution >= 4 is 37.3 Å². The highest BCUT2D eigenvalue weighted by molar-refractivity contribution is 7.94. The van der Waals surface area contributed by atoms with Crippen LogP contribution in [0.4, 0.5) is 0 Å². The van der Waals surface area contributed by atoms with Crippen molar-refractivity contribution in [3.8, 4) is 22.6 Å². The van der Waals surface area contributed by atoms with Crippen molar-refractivity contribution in [3.05, 3.63) is 72.3 Å². The Morgan fingerprint density at radius 2 is 1.52 bits per heavy atom. The Morgan fingerprint density at radius 1 is 0.881 bits per heavy atom. The Bertz CT molecular complexity index is 1850. The van der Waals surface area contributed by atoms with E-state index in [2.05, 4.69) is 15.5 Å². The maximum atomic E-state index is 13.6. The van der Waals surface area contributed by atoms with E-state index in [-0.39, 0.29) is 40.5 Å². The SMILES string of the molecule is CCCS(=O)(=O)c1c(S(=O)(=O)CCC)c2cc(-c3ccncc3)ccn2c1C(=O)NN=Cc1ccc(OC)c(OC)c1. The first kappa shape index (κ1) is 30.7. The molecule has 0 aliphatic carbocycles. The molecule has 4 aromatic rings. The van der Waals surface area contributed by atoms with Gasteiger partial charge >= 0.3 is 0 Å². The molecule has 0 atom stereocenters. The molecule has 42 heavy (non-hydrogen) atoms. The Balaban J connectivity index is 1.92. The van der Waals surface area contributed by atoms with Crippen LogP contribution in [0.3, 0.4) is 0 Å². The van der Waals surface area contributed by atoms with Gasteiger partial charge in [-0.3, -0.25) is 9.78 Å². The number of nitrogens with zero attached hydrogens (tertiary/aromatic N) is 3. The zero-order valence-corrected chi connectivity index (χ0v) is 25.3. The van der Waals surface area contributed by atoms with Crippen LogP contribution < -0.4 is 14.9 Å². The number of ether oxygens (including phenoxy) is 2. The van der Waals surface area contributed by atoms with Gasteiger partial charge in [0, 0.05) is 18.6 Å². The first-order valence-electron chi connectivity index (χ1n) is 13.2. The Labute approximate surface area is 245 Å². The number of carbonyl (C=O) groups is 1. The Hall–Kier alpha value is -4.23. The number of fused-ring (bicyclic) bond motifs is 1. The molecule has 1 N–H and O–H groups in total. The van der Waals surface area contributed by atoms with Crippen LogP contribution >= 0.6 is 0 Å². The van der Waals surface area contributed by atoms with E-state index >= 15 is 0 Å². The molecule has 1 aromatic carbocycles. The minimum absolute atomic E-state index is 0.0847. The standard InChI is InChI=1S/C29H32N4O7S2/c1-5-15-41(35,36)27-23-18-22(21-9-12-30-13-10-21)11-14-33(23)26(28(27)42(37,38)16-6-2)29(34)32-31-19-20-7-8-24(39-3)25(17-20)40-4/h7-14,17-19H,5-6,15-16H2,1-4H3,(H,32,34). The van der Waals surface area contributed by atoms with Gasteiger partial charge in [-0.2, -0.15) is 5.10 Å². The molecule has 0 saturated heterocycles. The molecule has 0 unspecified atom stereocenters. The van der Waals surface area contributed by atoms with E-state index in [0.717, 1.165) is 5.56 Å². The van der Waals surface area contributed by atoms with Crippen molar-refractivity contribution in [1.82, 2.24) is 14.8 Å². The third-order valence-electron chi connectivity index (χ3n) is 6.43. The number of hydrogen-bond acceptors (Lipinski definition) is 9. The van der Waals surface area contributed by atoms with Crippen LogP contribution in [0.2, 0.25) is 0 Å². The Kier molecular flexibility index (Phi) is 9.32. The maximum Gasteiger partial charge on any atom is 0.289 e.